The van der Waals surface area contributed by atoms with Crippen molar-refractivity contribution in [3.63, 3.8) is 0 Å². The molecule has 3 rings (SSSR count). The molecule has 0 amide bonds. The highest BCUT2D eigenvalue weighted by Gasteiger charge is 2.25. The number of nitrogens with one attached hydrogen (secondary N) is 2. The SMILES string of the molecule is CCN1CCN(CCCCNC(=NC)NCC(c2ccco2)N2CCCC2)CC1. The molecule has 1 unspecified atom stereocenters. The third kappa shape index (κ3) is 7.01. The molecule has 0 spiro atoms. The van der Waals surface area contributed by atoms with E-state index in [1.165, 1.54) is 65.0 Å². The zero-order valence-corrected chi connectivity index (χ0v) is 18.4. The number of piperazine rings is 1. The van der Waals surface area contributed by atoms with Gasteiger partial charge in [-0.2, -0.15) is 0 Å². The van der Waals surface area contributed by atoms with Crippen molar-refractivity contribution in [3.8, 4) is 0 Å². The monoisotopic (exact) mass is 404 g/mol. The van der Waals surface area contributed by atoms with Crippen LogP contribution in [0.25, 0.3) is 0 Å². The van der Waals surface area contributed by atoms with Crippen LogP contribution in [0, 0.1) is 0 Å². The van der Waals surface area contributed by atoms with Crippen LogP contribution in [0.4, 0.5) is 0 Å². The molecule has 1 aromatic rings. The Bertz CT molecular complexity index is 576. The second-order valence-electron chi connectivity index (χ2n) is 8.14. The minimum atomic E-state index is 0.271. The van der Waals surface area contributed by atoms with Crippen molar-refractivity contribution < 1.29 is 4.42 Å². The third-order valence-corrected chi connectivity index (χ3v) is 6.25. The average molecular weight is 405 g/mol. The van der Waals surface area contributed by atoms with Gasteiger partial charge in [-0.15, -0.1) is 0 Å². The molecule has 1 atom stereocenters. The topological polar surface area (TPSA) is 59.3 Å². The highest BCUT2D eigenvalue weighted by atomic mass is 16.3. The summed E-state index contributed by atoms with van der Waals surface area (Å²) in [6, 6.07) is 4.34. The number of hydrogen-bond donors (Lipinski definition) is 2. The Hall–Kier alpha value is -1.57. The molecule has 164 valence electrons. The maximum absolute atomic E-state index is 5.71. The molecular weight excluding hydrogens is 364 g/mol. The normalized spacial score (nSPS) is 20.8. The van der Waals surface area contributed by atoms with Gasteiger partial charge >= 0.3 is 0 Å². The van der Waals surface area contributed by atoms with E-state index >= 15 is 0 Å². The van der Waals surface area contributed by atoms with Gasteiger partial charge in [-0.1, -0.05) is 6.92 Å². The molecular formula is C22H40N6O. The first kappa shape index (κ1) is 22.1. The Morgan fingerprint density at radius 1 is 1.07 bits per heavy atom. The number of likely N-dealkylation sites (N-methyl/N-ethyl adjacent to an activating group) is 1. The highest BCUT2D eigenvalue weighted by Crippen LogP contribution is 2.24. The molecule has 0 saturated carbocycles. The quantitative estimate of drug-likeness (QED) is 0.353. The third-order valence-electron chi connectivity index (χ3n) is 6.25. The summed E-state index contributed by atoms with van der Waals surface area (Å²) in [6.45, 7) is 13.6. The molecule has 2 N–H and O–H groups in total. The van der Waals surface area contributed by atoms with Crippen LogP contribution in [0.1, 0.15) is 44.4 Å². The lowest BCUT2D eigenvalue weighted by Gasteiger charge is -2.34. The second-order valence-corrected chi connectivity index (χ2v) is 8.14. The summed E-state index contributed by atoms with van der Waals surface area (Å²) in [4.78, 5) is 12.0. The first-order valence-corrected chi connectivity index (χ1v) is 11.5. The predicted octanol–water partition coefficient (Wildman–Crippen LogP) is 2.00. The van der Waals surface area contributed by atoms with Crippen molar-refractivity contribution in [1.82, 2.24) is 25.3 Å². The van der Waals surface area contributed by atoms with Gasteiger partial charge in [-0.05, 0) is 64.0 Å². The van der Waals surface area contributed by atoms with Gasteiger partial charge in [0.1, 0.15) is 5.76 Å². The first-order chi connectivity index (χ1) is 14.3. The lowest BCUT2D eigenvalue weighted by atomic mass is 10.2. The lowest BCUT2D eigenvalue weighted by Crippen LogP contribution is -2.46. The van der Waals surface area contributed by atoms with Crippen molar-refractivity contribution in [2.45, 2.75) is 38.6 Å². The maximum atomic E-state index is 5.71. The van der Waals surface area contributed by atoms with Gasteiger partial charge in [0, 0.05) is 46.3 Å². The summed E-state index contributed by atoms with van der Waals surface area (Å²) in [5.74, 6) is 1.93. The summed E-state index contributed by atoms with van der Waals surface area (Å²) >= 11 is 0. The molecule has 2 aliphatic heterocycles. The van der Waals surface area contributed by atoms with Gasteiger partial charge in [-0.25, -0.2) is 0 Å². The van der Waals surface area contributed by atoms with Crippen LogP contribution in [0.15, 0.2) is 27.8 Å². The Morgan fingerprint density at radius 2 is 1.83 bits per heavy atom. The fourth-order valence-electron chi connectivity index (χ4n) is 4.35. The van der Waals surface area contributed by atoms with Gasteiger partial charge < -0.3 is 24.9 Å². The zero-order chi connectivity index (χ0) is 20.3. The molecule has 7 heteroatoms. The number of guanidine groups is 1. The second kappa shape index (κ2) is 12.2. The van der Waals surface area contributed by atoms with Gasteiger partial charge in [0.15, 0.2) is 5.96 Å². The molecule has 2 saturated heterocycles. The van der Waals surface area contributed by atoms with E-state index in [2.05, 4.69) is 43.3 Å². The number of hydrogen-bond acceptors (Lipinski definition) is 5. The van der Waals surface area contributed by atoms with Crippen LogP contribution in [0.5, 0.6) is 0 Å². The van der Waals surface area contributed by atoms with Gasteiger partial charge in [-0.3, -0.25) is 9.89 Å². The molecule has 2 fully saturated rings. The fraction of sp³-hybridized carbons (Fsp3) is 0.773. The molecule has 2 aliphatic rings. The average Bonchev–Trinajstić information content (AvgIpc) is 3.47. The summed E-state index contributed by atoms with van der Waals surface area (Å²) in [5, 5.41) is 6.99. The largest absolute Gasteiger partial charge is 0.468 e. The molecule has 29 heavy (non-hydrogen) atoms. The highest BCUT2D eigenvalue weighted by molar-refractivity contribution is 5.79. The van der Waals surface area contributed by atoms with E-state index in [1.807, 2.05) is 13.1 Å². The van der Waals surface area contributed by atoms with Crippen molar-refractivity contribution in [2.24, 2.45) is 4.99 Å². The lowest BCUT2D eigenvalue weighted by molar-refractivity contribution is 0.136. The van der Waals surface area contributed by atoms with E-state index in [4.69, 9.17) is 4.42 Å². The zero-order valence-electron chi connectivity index (χ0n) is 18.4. The van der Waals surface area contributed by atoms with Crippen LogP contribution in [0.3, 0.4) is 0 Å². The summed E-state index contributed by atoms with van der Waals surface area (Å²) in [7, 11) is 1.85. The Labute approximate surface area is 176 Å². The summed E-state index contributed by atoms with van der Waals surface area (Å²) in [6.07, 6.45) is 6.73. The van der Waals surface area contributed by atoms with Gasteiger partial charge in [0.25, 0.3) is 0 Å². The van der Waals surface area contributed by atoms with Crippen LogP contribution >= 0.6 is 0 Å². The van der Waals surface area contributed by atoms with E-state index in [1.54, 1.807) is 6.26 Å². The molecule has 1 aromatic heterocycles. The van der Waals surface area contributed by atoms with Crippen LogP contribution < -0.4 is 10.6 Å². The van der Waals surface area contributed by atoms with E-state index in [0.717, 1.165) is 37.9 Å². The van der Waals surface area contributed by atoms with Gasteiger partial charge in [0.2, 0.25) is 0 Å². The van der Waals surface area contributed by atoms with E-state index in [-0.39, 0.29) is 6.04 Å². The van der Waals surface area contributed by atoms with Crippen LogP contribution in [-0.2, 0) is 0 Å². The Morgan fingerprint density at radius 3 is 2.48 bits per heavy atom. The number of likely N-dealkylation sites (tertiary alicyclic amines) is 1. The van der Waals surface area contributed by atoms with E-state index < -0.39 is 0 Å². The summed E-state index contributed by atoms with van der Waals surface area (Å²) in [5.41, 5.74) is 0. The van der Waals surface area contributed by atoms with Crippen LogP contribution in [-0.4, -0.2) is 93.2 Å². The number of nitrogens with zero attached hydrogens (tertiary/aromatic N) is 4. The Kier molecular flexibility index (Phi) is 9.31. The maximum Gasteiger partial charge on any atom is 0.191 e. The molecule has 7 nitrogen and oxygen atoms in total. The molecule has 3 heterocycles. The predicted molar refractivity (Wildman–Crippen MR) is 119 cm³/mol. The summed E-state index contributed by atoms with van der Waals surface area (Å²) < 4.78 is 5.71. The number of rotatable bonds is 10. The Balaban J connectivity index is 1.32. The van der Waals surface area contributed by atoms with E-state index in [0.29, 0.717) is 0 Å². The molecule has 0 aromatic carbocycles. The smallest absolute Gasteiger partial charge is 0.191 e. The van der Waals surface area contributed by atoms with Crippen molar-refractivity contribution in [2.75, 3.05) is 72.5 Å². The number of furan rings is 1. The van der Waals surface area contributed by atoms with Crippen LogP contribution in [0.2, 0.25) is 0 Å². The fourth-order valence-corrected chi connectivity index (χ4v) is 4.35. The standard InChI is InChI=1S/C22H40N6O/c1-3-26-14-16-27(17-15-26)11-5-4-10-24-22(23-2)25-19-20(21-9-8-18-29-21)28-12-6-7-13-28/h8-9,18,20H,3-7,10-17,19H2,1-2H3,(H2,23,24,25). The van der Waals surface area contributed by atoms with Crippen molar-refractivity contribution >= 4 is 5.96 Å². The molecule has 0 bridgehead atoms. The minimum absolute atomic E-state index is 0.271. The number of unbranched alkanes of at least 4 members (excludes halogenated alkanes) is 1. The molecule has 0 radical (unpaired) electrons. The first-order valence-electron chi connectivity index (χ1n) is 11.5. The molecule has 0 aliphatic carbocycles. The van der Waals surface area contributed by atoms with Crippen molar-refractivity contribution in [1.29, 1.82) is 0 Å². The minimum Gasteiger partial charge on any atom is -0.468 e. The van der Waals surface area contributed by atoms with E-state index in [9.17, 15) is 0 Å². The van der Waals surface area contributed by atoms with Gasteiger partial charge in [0.05, 0.1) is 12.3 Å². The number of aliphatic imine (C=N–C) groups is 1. The van der Waals surface area contributed by atoms with Crippen molar-refractivity contribution in [3.05, 3.63) is 24.2 Å².